The van der Waals surface area contributed by atoms with Crippen LogP contribution in [-0.4, -0.2) is 45.8 Å². The molecule has 1 heterocycles. The molecule has 1 saturated carbocycles. The van der Waals surface area contributed by atoms with Gasteiger partial charge in [0, 0.05) is 24.3 Å². The highest BCUT2D eigenvalue weighted by atomic mass is 16.6. The van der Waals surface area contributed by atoms with E-state index >= 15 is 0 Å². The number of carbonyl (C=O) groups excluding carboxylic acids is 3. The fraction of sp³-hybridized carbons (Fsp3) is 0.269. The highest BCUT2D eigenvalue weighted by Gasteiger charge is 2.32. The molecule has 198 valence electrons. The summed E-state index contributed by atoms with van der Waals surface area (Å²) in [6.45, 7) is 4.15. The van der Waals surface area contributed by atoms with Crippen LogP contribution in [0.3, 0.4) is 0 Å². The lowest BCUT2D eigenvalue weighted by Gasteiger charge is -2.35. The number of ketones is 2. The largest absolute Gasteiger partial charge is 0.490 e. The minimum absolute atomic E-state index is 0.0120. The third kappa shape index (κ3) is 5.81. The summed E-state index contributed by atoms with van der Waals surface area (Å²) in [4.78, 5) is 49.3. The molecule has 2 aromatic carbocycles. The number of carbonyl (C=O) groups is 4. The molecule has 12 heteroatoms. The summed E-state index contributed by atoms with van der Waals surface area (Å²) in [5, 5.41) is 11.2. The van der Waals surface area contributed by atoms with Crippen molar-refractivity contribution in [3.05, 3.63) is 71.6 Å². The molecule has 12 nitrogen and oxygen atoms in total. The zero-order valence-electron chi connectivity index (χ0n) is 20.6. The second-order valence-electron chi connectivity index (χ2n) is 9.26. The van der Waals surface area contributed by atoms with Crippen molar-refractivity contribution in [3.8, 4) is 17.6 Å². The van der Waals surface area contributed by atoms with Crippen molar-refractivity contribution >= 4 is 23.6 Å². The van der Waals surface area contributed by atoms with Crippen LogP contribution in [0.2, 0.25) is 0 Å². The number of aromatic nitrogens is 1. The highest BCUT2D eigenvalue weighted by molar-refractivity contribution is 6.66. The lowest BCUT2D eigenvalue weighted by Crippen LogP contribution is -2.48. The zero-order chi connectivity index (χ0) is 27.4. The molecule has 4 rings (SSSR count). The summed E-state index contributed by atoms with van der Waals surface area (Å²) in [6, 6.07) is 14.9. The van der Waals surface area contributed by atoms with Crippen molar-refractivity contribution in [1.29, 1.82) is 0 Å². The normalized spacial score (nSPS) is 16.6. The Morgan fingerprint density at radius 1 is 1.00 bits per heavy atom. The average Bonchev–Trinajstić information content (AvgIpc) is 3.35. The number of carboxylic acid groups (broad SMARTS) is 1. The summed E-state index contributed by atoms with van der Waals surface area (Å²) >= 11 is 0. The molecule has 0 atom stereocenters. The molecule has 0 saturated heterocycles. The molecule has 0 spiro atoms. The van der Waals surface area contributed by atoms with Gasteiger partial charge < -0.3 is 24.3 Å². The summed E-state index contributed by atoms with van der Waals surface area (Å²) < 4.78 is 16.5. The number of rotatable bonds is 10. The minimum atomic E-state index is -1.37. The SMILES string of the molecule is CC(C)(c1ccc(Oc2nc(C(=O)C(=O)C(=O)NN)co2)cc1)c1ccc(OC2CC(NC(=O)O)C2)cc1. The van der Waals surface area contributed by atoms with Crippen LogP contribution < -0.4 is 26.1 Å². The van der Waals surface area contributed by atoms with Crippen LogP contribution in [0.4, 0.5) is 4.79 Å². The standard InChI is InChI=1S/C26H26N4O8/c1-26(2,14-3-7-17(8-4-14)37-19-11-16(12-19)28-24(34)35)15-5-9-18(10-6-15)38-25-29-20(13-36-25)21(31)22(32)23(33)30-27/h3-10,13,16,19,28H,11-12,27H2,1-2H3,(H,30,33)(H,34,35). The van der Waals surface area contributed by atoms with E-state index in [1.54, 1.807) is 17.6 Å². The van der Waals surface area contributed by atoms with Crippen LogP contribution in [0, 0.1) is 0 Å². The Hall–Kier alpha value is -4.71. The number of amides is 2. The lowest BCUT2D eigenvalue weighted by atomic mass is 9.78. The first-order chi connectivity index (χ1) is 18.1. The van der Waals surface area contributed by atoms with Gasteiger partial charge in [-0.05, 0) is 35.4 Å². The van der Waals surface area contributed by atoms with Crippen LogP contribution >= 0.6 is 0 Å². The molecule has 0 aliphatic heterocycles. The van der Waals surface area contributed by atoms with Crippen LogP contribution in [0.5, 0.6) is 17.6 Å². The van der Waals surface area contributed by atoms with Gasteiger partial charge in [-0.1, -0.05) is 38.1 Å². The van der Waals surface area contributed by atoms with Gasteiger partial charge in [-0.25, -0.2) is 10.6 Å². The predicted octanol–water partition coefficient (Wildman–Crippen LogP) is 2.71. The highest BCUT2D eigenvalue weighted by Crippen LogP contribution is 2.35. The summed E-state index contributed by atoms with van der Waals surface area (Å²) in [5.74, 6) is 2.16. The van der Waals surface area contributed by atoms with E-state index < -0.39 is 23.6 Å². The second kappa shape index (κ2) is 10.7. The van der Waals surface area contributed by atoms with E-state index in [4.69, 9.17) is 24.8 Å². The molecule has 0 bridgehead atoms. The number of benzene rings is 2. The molecule has 0 radical (unpaired) electrons. The number of hydrogen-bond acceptors (Lipinski definition) is 9. The lowest BCUT2D eigenvalue weighted by molar-refractivity contribution is -0.135. The van der Waals surface area contributed by atoms with Crippen LogP contribution in [0.15, 0.2) is 59.2 Å². The van der Waals surface area contributed by atoms with Gasteiger partial charge in [-0.15, -0.1) is 0 Å². The molecule has 5 N–H and O–H groups in total. The number of Topliss-reactive ketones (excluding diaryl/α,β-unsaturated/α-hetero) is 2. The quantitative estimate of drug-likeness (QED) is 0.0771. The first kappa shape index (κ1) is 26.4. The Morgan fingerprint density at radius 3 is 2.13 bits per heavy atom. The van der Waals surface area contributed by atoms with E-state index in [9.17, 15) is 19.2 Å². The van der Waals surface area contributed by atoms with Gasteiger partial charge in [0.15, 0.2) is 5.69 Å². The summed E-state index contributed by atoms with van der Waals surface area (Å²) in [6.07, 6.45) is 0.896. The van der Waals surface area contributed by atoms with E-state index in [1.807, 2.05) is 36.4 Å². The topological polar surface area (TPSA) is 183 Å². The molecule has 1 fully saturated rings. The number of nitrogens with one attached hydrogen (secondary N) is 2. The third-order valence-electron chi connectivity index (χ3n) is 6.34. The zero-order valence-corrected chi connectivity index (χ0v) is 20.6. The van der Waals surface area contributed by atoms with Crippen molar-refractivity contribution < 1.29 is 38.2 Å². The van der Waals surface area contributed by atoms with Crippen molar-refractivity contribution in [1.82, 2.24) is 15.7 Å². The number of hydrazine groups is 1. The Balaban J connectivity index is 1.36. The molecule has 1 aliphatic carbocycles. The third-order valence-corrected chi connectivity index (χ3v) is 6.34. The maximum absolute atomic E-state index is 12.0. The van der Waals surface area contributed by atoms with Crippen molar-refractivity contribution in [2.45, 2.75) is 44.2 Å². The molecule has 2 amide bonds. The monoisotopic (exact) mass is 522 g/mol. The van der Waals surface area contributed by atoms with Gasteiger partial charge in [0.25, 0.3) is 11.6 Å². The molecule has 38 heavy (non-hydrogen) atoms. The number of ether oxygens (including phenoxy) is 2. The van der Waals surface area contributed by atoms with E-state index in [-0.39, 0.29) is 29.3 Å². The number of nitrogens with two attached hydrogens (primary N) is 1. The van der Waals surface area contributed by atoms with Gasteiger partial charge in [0.05, 0.1) is 0 Å². The van der Waals surface area contributed by atoms with Gasteiger partial charge in [0.1, 0.15) is 23.9 Å². The minimum Gasteiger partial charge on any atom is -0.490 e. The Bertz CT molecular complexity index is 1340. The van der Waals surface area contributed by atoms with Gasteiger partial charge in [-0.3, -0.25) is 19.8 Å². The van der Waals surface area contributed by atoms with E-state index in [0.29, 0.717) is 18.6 Å². The van der Waals surface area contributed by atoms with Gasteiger partial charge in [-0.2, -0.15) is 4.98 Å². The molecular formula is C26H26N4O8. The maximum atomic E-state index is 12.0. The van der Waals surface area contributed by atoms with E-state index in [2.05, 4.69) is 24.1 Å². The summed E-state index contributed by atoms with van der Waals surface area (Å²) in [5.41, 5.74) is 2.91. The smallest absolute Gasteiger partial charge is 0.404 e. The Labute approximate surface area is 217 Å². The molecule has 1 aliphatic rings. The number of nitrogens with zero attached hydrogens (tertiary/aromatic N) is 1. The first-order valence-corrected chi connectivity index (χ1v) is 11.7. The Kier molecular flexibility index (Phi) is 7.44. The maximum Gasteiger partial charge on any atom is 0.404 e. The number of oxazole rings is 1. The van der Waals surface area contributed by atoms with Crippen LogP contribution in [0.25, 0.3) is 0 Å². The fourth-order valence-corrected chi connectivity index (χ4v) is 4.00. The molecule has 3 aromatic rings. The molecule has 0 unspecified atom stereocenters. The van der Waals surface area contributed by atoms with E-state index in [0.717, 1.165) is 23.1 Å². The molecule has 1 aromatic heterocycles. The number of hydrogen-bond donors (Lipinski definition) is 4. The van der Waals surface area contributed by atoms with Crippen LogP contribution in [-0.2, 0) is 15.0 Å². The van der Waals surface area contributed by atoms with Gasteiger partial charge >= 0.3 is 18.1 Å². The first-order valence-electron chi connectivity index (χ1n) is 11.7. The average molecular weight is 523 g/mol. The second-order valence-corrected chi connectivity index (χ2v) is 9.26. The van der Waals surface area contributed by atoms with Crippen molar-refractivity contribution in [2.24, 2.45) is 5.84 Å². The predicted molar refractivity (Wildman–Crippen MR) is 132 cm³/mol. The van der Waals surface area contributed by atoms with Crippen molar-refractivity contribution in [3.63, 3.8) is 0 Å². The van der Waals surface area contributed by atoms with Crippen molar-refractivity contribution in [2.75, 3.05) is 0 Å². The Morgan fingerprint density at radius 2 is 1.58 bits per heavy atom. The molecular weight excluding hydrogens is 496 g/mol. The van der Waals surface area contributed by atoms with Crippen LogP contribution in [0.1, 0.15) is 48.3 Å². The summed E-state index contributed by atoms with van der Waals surface area (Å²) in [7, 11) is 0. The fourth-order valence-electron chi connectivity index (χ4n) is 4.00. The van der Waals surface area contributed by atoms with Gasteiger partial charge in [0.2, 0.25) is 0 Å². The van der Waals surface area contributed by atoms with E-state index in [1.165, 1.54) is 0 Å².